The summed E-state index contributed by atoms with van der Waals surface area (Å²) in [5.74, 6) is 0. The van der Waals surface area contributed by atoms with Gasteiger partial charge in [0, 0.05) is 12.5 Å². The normalized spacial score (nSPS) is 12.5. The molecule has 0 radical (unpaired) electrons. The van der Waals surface area contributed by atoms with E-state index in [1.807, 2.05) is 0 Å². The number of aryl methyl sites for hydroxylation is 2. The fraction of sp³-hybridized carbons (Fsp3) is 0.200. The molecule has 0 spiro atoms. The van der Waals surface area contributed by atoms with Gasteiger partial charge >= 0.3 is 0 Å². The molecule has 100 valence electrons. The van der Waals surface area contributed by atoms with Crippen LogP contribution in [-0.2, 0) is 0 Å². The monoisotopic (exact) mass is 493 g/mol. The van der Waals surface area contributed by atoms with Crippen LogP contribution < -0.4 is 5.73 Å². The molecule has 1 nitrogen and oxygen atoms in total. The van der Waals surface area contributed by atoms with Crippen LogP contribution in [0, 0.1) is 17.4 Å². The lowest BCUT2D eigenvalue weighted by Crippen LogP contribution is -2.14. The van der Waals surface area contributed by atoms with Gasteiger partial charge in [-0.3, -0.25) is 0 Å². The number of halogens is 3. The summed E-state index contributed by atoms with van der Waals surface area (Å²) in [5.41, 5.74) is 11.2. The van der Waals surface area contributed by atoms with Gasteiger partial charge < -0.3 is 5.73 Å². The highest BCUT2D eigenvalue weighted by Gasteiger charge is 2.17. The lowest BCUT2D eigenvalue weighted by Gasteiger charge is -2.18. The minimum atomic E-state index is -0.127. The van der Waals surface area contributed by atoms with Gasteiger partial charge in [0.05, 0.1) is 6.04 Å². The second kappa shape index (κ2) is 6.24. The molecule has 19 heavy (non-hydrogen) atoms. The number of hydrogen-bond acceptors (Lipinski definition) is 1. The van der Waals surface area contributed by atoms with E-state index in [4.69, 9.17) is 5.73 Å². The van der Waals surface area contributed by atoms with Gasteiger partial charge in [0.25, 0.3) is 0 Å². The Morgan fingerprint density at radius 2 is 1.68 bits per heavy atom. The second-order valence-corrected chi connectivity index (χ2v) is 7.37. The van der Waals surface area contributed by atoms with Crippen molar-refractivity contribution >= 4 is 54.5 Å². The quantitative estimate of drug-likeness (QED) is 0.550. The fourth-order valence-corrected chi connectivity index (χ4v) is 3.74. The molecule has 0 saturated carbocycles. The number of rotatable bonds is 2. The van der Waals surface area contributed by atoms with Crippen molar-refractivity contribution < 1.29 is 0 Å². The van der Waals surface area contributed by atoms with E-state index in [0.29, 0.717) is 0 Å². The first-order chi connectivity index (χ1) is 8.91. The van der Waals surface area contributed by atoms with Crippen molar-refractivity contribution in [1.29, 1.82) is 0 Å². The van der Waals surface area contributed by atoms with E-state index in [1.165, 1.54) is 14.7 Å². The molecule has 2 N–H and O–H groups in total. The number of benzene rings is 2. The van der Waals surface area contributed by atoms with E-state index in [-0.39, 0.29) is 6.04 Å². The Kier molecular flexibility index (Phi) is 5.09. The Labute approximate surface area is 144 Å². The van der Waals surface area contributed by atoms with Gasteiger partial charge in [0.15, 0.2) is 0 Å². The summed E-state index contributed by atoms with van der Waals surface area (Å²) in [4.78, 5) is 0. The fourth-order valence-electron chi connectivity index (χ4n) is 1.98. The molecule has 0 heterocycles. The first kappa shape index (κ1) is 15.5. The SMILES string of the molecule is Cc1cc(Br)c(C(N)c2cccc(C)c2I)cc1Br. The Hall–Kier alpha value is 0.0900. The van der Waals surface area contributed by atoms with Crippen LogP contribution in [0.2, 0.25) is 0 Å². The zero-order chi connectivity index (χ0) is 14.2. The Bertz CT molecular complexity index is 626. The third kappa shape index (κ3) is 3.23. The van der Waals surface area contributed by atoms with E-state index >= 15 is 0 Å². The highest BCUT2D eigenvalue weighted by atomic mass is 127. The van der Waals surface area contributed by atoms with E-state index in [9.17, 15) is 0 Å². The Balaban J connectivity index is 2.53. The number of hydrogen-bond donors (Lipinski definition) is 1. The topological polar surface area (TPSA) is 26.0 Å². The first-order valence-electron chi connectivity index (χ1n) is 5.88. The molecular weight excluding hydrogens is 481 g/mol. The summed E-state index contributed by atoms with van der Waals surface area (Å²) < 4.78 is 3.37. The summed E-state index contributed by atoms with van der Waals surface area (Å²) in [6, 6.07) is 10.3. The summed E-state index contributed by atoms with van der Waals surface area (Å²) in [5, 5.41) is 0. The number of nitrogens with two attached hydrogens (primary N) is 1. The lowest BCUT2D eigenvalue weighted by molar-refractivity contribution is 0.855. The van der Waals surface area contributed by atoms with Crippen LogP contribution in [0.5, 0.6) is 0 Å². The largest absolute Gasteiger partial charge is 0.320 e. The van der Waals surface area contributed by atoms with Crippen LogP contribution in [0.1, 0.15) is 28.3 Å². The molecule has 0 aliphatic heterocycles. The molecule has 0 bridgehead atoms. The maximum atomic E-state index is 6.45. The third-order valence-corrected chi connectivity index (χ3v) is 6.18. The molecule has 1 atom stereocenters. The van der Waals surface area contributed by atoms with Crippen molar-refractivity contribution in [1.82, 2.24) is 0 Å². The molecule has 2 aromatic rings. The molecule has 0 saturated heterocycles. The zero-order valence-electron chi connectivity index (χ0n) is 10.7. The van der Waals surface area contributed by atoms with Gasteiger partial charge in [-0.2, -0.15) is 0 Å². The molecule has 0 fully saturated rings. The average molecular weight is 495 g/mol. The van der Waals surface area contributed by atoms with Crippen molar-refractivity contribution in [3.05, 3.63) is 65.1 Å². The maximum absolute atomic E-state index is 6.45. The van der Waals surface area contributed by atoms with E-state index in [1.54, 1.807) is 0 Å². The van der Waals surface area contributed by atoms with Crippen molar-refractivity contribution in [2.45, 2.75) is 19.9 Å². The van der Waals surface area contributed by atoms with Gasteiger partial charge in [-0.05, 0) is 70.8 Å². The maximum Gasteiger partial charge on any atom is 0.0573 e. The minimum absolute atomic E-state index is 0.127. The van der Waals surface area contributed by atoms with Gasteiger partial charge in [0.2, 0.25) is 0 Å². The minimum Gasteiger partial charge on any atom is -0.320 e. The summed E-state index contributed by atoms with van der Waals surface area (Å²) in [6.45, 7) is 4.18. The molecule has 4 heteroatoms. The van der Waals surface area contributed by atoms with Gasteiger partial charge in [0.1, 0.15) is 0 Å². The van der Waals surface area contributed by atoms with Crippen molar-refractivity contribution in [2.24, 2.45) is 5.73 Å². The van der Waals surface area contributed by atoms with Crippen molar-refractivity contribution in [3.63, 3.8) is 0 Å². The molecule has 0 aromatic heterocycles. The predicted molar refractivity (Wildman–Crippen MR) is 96.5 cm³/mol. The molecule has 2 rings (SSSR count). The molecule has 2 aromatic carbocycles. The van der Waals surface area contributed by atoms with Crippen LogP contribution in [0.15, 0.2) is 39.3 Å². The van der Waals surface area contributed by atoms with Gasteiger partial charge in [-0.1, -0.05) is 50.1 Å². The van der Waals surface area contributed by atoms with Gasteiger partial charge in [-0.15, -0.1) is 0 Å². The van der Waals surface area contributed by atoms with Crippen molar-refractivity contribution in [2.75, 3.05) is 0 Å². The third-order valence-electron chi connectivity index (χ3n) is 3.17. The van der Waals surface area contributed by atoms with Gasteiger partial charge in [-0.25, -0.2) is 0 Å². The molecule has 0 aliphatic carbocycles. The standard InChI is InChI=1S/C15H14Br2IN/c1-8-4-3-5-10(14(8)18)15(19)11-7-12(16)9(2)6-13(11)17/h3-7,15H,19H2,1-2H3. The van der Waals surface area contributed by atoms with Crippen LogP contribution in [0.25, 0.3) is 0 Å². The van der Waals surface area contributed by atoms with Crippen LogP contribution >= 0.6 is 54.5 Å². The molecule has 1 unspecified atom stereocenters. The van der Waals surface area contributed by atoms with E-state index in [0.717, 1.165) is 20.1 Å². The van der Waals surface area contributed by atoms with E-state index < -0.39 is 0 Å². The first-order valence-corrected chi connectivity index (χ1v) is 8.54. The Morgan fingerprint density at radius 1 is 1.00 bits per heavy atom. The molecule has 0 aliphatic rings. The van der Waals surface area contributed by atoms with Crippen molar-refractivity contribution in [3.8, 4) is 0 Å². The zero-order valence-corrected chi connectivity index (χ0v) is 16.0. The average Bonchev–Trinajstić information content (AvgIpc) is 2.36. The van der Waals surface area contributed by atoms with Crippen LogP contribution in [0.3, 0.4) is 0 Å². The second-order valence-electron chi connectivity index (χ2n) is 4.58. The molecule has 0 amide bonds. The smallest absolute Gasteiger partial charge is 0.0573 e. The highest BCUT2D eigenvalue weighted by Crippen LogP contribution is 2.33. The Morgan fingerprint density at radius 3 is 2.37 bits per heavy atom. The predicted octanol–water partition coefficient (Wildman–Crippen LogP) is 5.48. The highest BCUT2D eigenvalue weighted by molar-refractivity contribution is 14.1. The summed E-state index contributed by atoms with van der Waals surface area (Å²) in [7, 11) is 0. The van der Waals surface area contributed by atoms with Crippen LogP contribution in [-0.4, -0.2) is 0 Å². The lowest BCUT2D eigenvalue weighted by atomic mass is 9.97. The van der Waals surface area contributed by atoms with E-state index in [2.05, 4.69) is 98.6 Å². The van der Waals surface area contributed by atoms with Crippen LogP contribution in [0.4, 0.5) is 0 Å². The molecular formula is C15H14Br2IN. The summed E-state index contributed by atoms with van der Waals surface area (Å²) >= 11 is 9.56. The summed E-state index contributed by atoms with van der Waals surface area (Å²) in [6.07, 6.45) is 0.